The highest BCUT2D eigenvalue weighted by molar-refractivity contribution is 7.07. The minimum Gasteiger partial charge on any atom is -0.461 e. The zero-order chi connectivity index (χ0) is 13.8. The molecule has 2 rings (SSSR count). The van der Waals surface area contributed by atoms with E-state index in [2.05, 4.69) is 20.0 Å². The van der Waals surface area contributed by atoms with Crippen LogP contribution >= 0.6 is 11.3 Å². The van der Waals surface area contributed by atoms with E-state index in [1.165, 1.54) is 11.3 Å². The number of hydrogen-bond donors (Lipinski definition) is 0. The summed E-state index contributed by atoms with van der Waals surface area (Å²) in [7, 11) is 0. The van der Waals surface area contributed by atoms with E-state index in [4.69, 9.17) is 0 Å². The van der Waals surface area contributed by atoms with E-state index in [1.54, 1.807) is 17.8 Å². The van der Waals surface area contributed by atoms with Crippen molar-refractivity contribution < 1.29 is 18.3 Å². The van der Waals surface area contributed by atoms with Crippen LogP contribution < -0.4 is 0 Å². The lowest BCUT2D eigenvalue weighted by molar-refractivity contribution is 0.0506. The van der Waals surface area contributed by atoms with Crippen molar-refractivity contribution in [3.05, 3.63) is 28.0 Å². The van der Waals surface area contributed by atoms with Crippen LogP contribution in [0.1, 0.15) is 35.2 Å². The maximum absolute atomic E-state index is 13.0. The van der Waals surface area contributed by atoms with Crippen LogP contribution in [-0.2, 0) is 11.3 Å². The number of nitrogens with zero attached hydrogens (tertiary/aromatic N) is 4. The number of ether oxygens (including phenoxy) is 1. The Morgan fingerprint density at radius 1 is 1.58 bits per heavy atom. The van der Waals surface area contributed by atoms with Gasteiger partial charge in [-0.05, 0) is 6.92 Å². The smallest absolute Gasteiger partial charge is 0.361 e. The first-order valence-electron chi connectivity index (χ1n) is 5.39. The summed E-state index contributed by atoms with van der Waals surface area (Å²) >= 11 is 1.34. The molecule has 2 aromatic heterocycles. The van der Waals surface area contributed by atoms with Crippen molar-refractivity contribution in [1.82, 2.24) is 20.0 Å². The van der Waals surface area contributed by atoms with Crippen molar-refractivity contribution in [3.8, 4) is 0 Å². The van der Waals surface area contributed by atoms with Gasteiger partial charge in [-0.25, -0.2) is 23.2 Å². The molecule has 0 bridgehead atoms. The van der Waals surface area contributed by atoms with E-state index in [9.17, 15) is 13.6 Å². The monoisotopic (exact) mass is 288 g/mol. The molecule has 0 fully saturated rings. The average molecular weight is 288 g/mol. The number of thiazole rings is 1. The highest BCUT2D eigenvalue weighted by Gasteiger charge is 2.27. The molecular weight excluding hydrogens is 278 g/mol. The average Bonchev–Trinajstić information content (AvgIpc) is 2.99. The molecular formula is C10H10F2N4O2S. The van der Waals surface area contributed by atoms with Crippen molar-refractivity contribution >= 4 is 17.3 Å². The summed E-state index contributed by atoms with van der Waals surface area (Å²) < 4.78 is 31.7. The number of alkyl halides is 2. The Morgan fingerprint density at radius 2 is 2.37 bits per heavy atom. The van der Waals surface area contributed by atoms with Crippen LogP contribution in [0.2, 0.25) is 0 Å². The third-order valence-corrected chi connectivity index (χ3v) is 2.88. The second kappa shape index (κ2) is 5.83. The van der Waals surface area contributed by atoms with Gasteiger partial charge in [-0.15, -0.1) is 16.4 Å². The van der Waals surface area contributed by atoms with Crippen LogP contribution in [-0.4, -0.2) is 32.6 Å². The molecule has 0 aliphatic rings. The Bertz CT molecular complexity index is 556. The third kappa shape index (κ3) is 2.92. The molecule has 0 aliphatic heterocycles. The highest BCUT2D eigenvalue weighted by Crippen LogP contribution is 2.22. The Labute approximate surface area is 111 Å². The van der Waals surface area contributed by atoms with Gasteiger partial charge in [-0.2, -0.15) is 0 Å². The van der Waals surface area contributed by atoms with Gasteiger partial charge in [0, 0.05) is 5.38 Å². The van der Waals surface area contributed by atoms with E-state index >= 15 is 0 Å². The largest absolute Gasteiger partial charge is 0.461 e. The normalized spacial score (nSPS) is 10.9. The van der Waals surface area contributed by atoms with Gasteiger partial charge in [0.05, 0.1) is 24.4 Å². The Kier molecular flexibility index (Phi) is 4.15. The molecule has 0 aliphatic carbocycles. The number of carbonyl (C=O) groups is 1. The SMILES string of the molecule is CCOC(=O)c1nnn(Cc2cscn2)c1C(F)F. The van der Waals surface area contributed by atoms with E-state index in [0.717, 1.165) is 4.68 Å². The number of esters is 1. The van der Waals surface area contributed by atoms with Crippen molar-refractivity contribution in [2.45, 2.75) is 19.9 Å². The van der Waals surface area contributed by atoms with Crippen molar-refractivity contribution in [2.75, 3.05) is 6.61 Å². The van der Waals surface area contributed by atoms with E-state index < -0.39 is 23.8 Å². The predicted octanol–water partition coefficient (Wildman–Crippen LogP) is 1.90. The van der Waals surface area contributed by atoms with E-state index in [-0.39, 0.29) is 13.2 Å². The zero-order valence-electron chi connectivity index (χ0n) is 9.92. The van der Waals surface area contributed by atoms with Crippen molar-refractivity contribution in [2.24, 2.45) is 0 Å². The minimum atomic E-state index is -2.87. The summed E-state index contributed by atoms with van der Waals surface area (Å²) in [6, 6.07) is 0. The lowest BCUT2D eigenvalue weighted by Gasteiger charge is -2.05. The first-order valence-corrected chi connectivity index (χ1v) is 6.33. The van der Waals surface area contributed by atoms with Gasteiger partial charge in [-0.3, -0.25) is 0 Å². The molecule has 0 amide bonds. The number of carbonyl (C=O) groups excluding carboxylic acids is 1. The number of hydrogen-bond acceptors (Lipinski definition) is 6. The fourth-order valence-corrected chi connectivity index (χ4v) is 2.02. The van der Waals surface area contributed by atoms with Crippen LogP contribution in [0.5, 0.6) is 0 Å². The van der Waals surface area contributed by atoms with Gasteiger partial charge in [0.1, 0.15) is 5.69 Å². The van der Waals surface area contributed by atoms with Crippen LogP contribution in [0.25, 0.3) is 0 Å². The number of aromatic nitrogens is 4. The van der Waals surface area contributed by atoms with Gasteiger partial charge in [0.15, 0.2) is 5.69 Å². The topological polar surface area (TPSA) is 69.9 Å². The molecule has 0 saturated carbocycles. The zero-order valence-corrected chi connectivity index (χ0v) is 10.7. The molecule has 19 heavy (non-hydrogen) atoms. The maximum atomic E-state index is 13.0. The van der Waals surface area contributed by atoms with Crippen molar-refractivity contribution in [3.63, 3.8) is 0 Å². The molecule has 2 heterocycles. The minimum absolute atomic E-state index is 0.0373. The van der Waals surface area contributed by atoms with Gasteiger partial charge >= 0.3 is 5.97 Å². The molecule has 0 aromatic carbocycles. The van der Waals surface area contributed by atoms with Gasteiger partial charge in [-0.1, -0.05) is 5.21 Å². The molecule has 0 atom stereocenters. The Balaban J connectivity index is 2.31. The van der Waals surface area contributed by atoms with Crippen molar-refractivity contribution in [1.29, 1.82) is 0 Å². The fourth-order valence-electron chi connectivity index (χ4n) is 1.47. The van der Waals surface area contributed by atoms with Crippen LogP contribution in [0.15, 0.2) is 10.9 Å². The van der Waals surface area contributed by atoms with Crippen LogP contribution in [0.4, 0.5) is 8.78 Å². The first-order chi connectivity index (χ1) is 9.13. The highest BCUT2D eigenvalue weighted by atomic mass is 32.1. The molecule has 0 N–H and O–H groups in total. The van der Waals surface area contributed by atoms with Gasteiger partial charge < -0.3 is 4.74 Å². The molecule has 0 radical (unpaired) electrons. The third-order valence-electron chi connectivity index (χ3n) is 2.24. The fraction of sp³-hybridized carbons (Fsp3) is 0.400. The lowest BCUT2D eigenvalue weighted by Crippen LogP contribution is -2.12. The van der Waals surface area contributed by atoms with E-state index in [1.807, 2.05) is 0 Å². The Morgan fingerprint density at radius 3 is 2.95 bits per heavy atom. The molecule has 0 spiro atoms. The predicted molar refractivity (Wildman–Crippen MR) is 62.2 cm³/mol. The van der Waals surface area contributed by atoms with E-state index in [0.29, 0.717) is 5.69 Å². The quantitative estimate of drug-likeness (QED) is 0.786. The molecule has 102 valence electrons. The lowest BCUT2D eigenvalue weighted by atomic mass is 10.3. The van der Waals surface area contributed by atoms with Gasteiger partial charge in [0.25, 0.3) is 6.43 Å². The molecule has 2 aromatic rings. The molecule has 9 heteroatoms. The summed E-state index contributed by atoms with van der Waals surface area (Å²) in [6.07, 6.45) is -2.87. The maximum Gasteiger partial charge on any atom is 0.361 e. The second-order valence-corrected chi connectivity index (χ2v) is 4.20. The van der Waals surface area contributed by atoms with Crippen LogP contribution in [0, 0.1) is 0 Å². The second-order valence-electron chi connectivity index (χ2n) is 3.48. The Hall–Kier alpha value is -1.90. The summed E-state index contributed by atoms with van der Waals surface area (Å²) in [5.41, 5.74) is 1.16. The molecule has 0 unspecified atom stereocenters. The van der Waals surface area contributed by atoms with Crippen LogP contribution in [0.3, 0.4) is 0 Å². The number of halogens is 2. The summed E-state index contributed by atoms with van der Waals surface area (Å²) in [5, 5.41) is 8.75. The summed E-state index contributed by atoms with van der Waals surface area (Å²) in [4.78, 5) is 15.5. The summed E-state index contributed by atoms with van der Waals surface area (Å²) in [6.45, 7) is 1.70. The molecule has 6 nitrogen and oxygen atoms in total. The number of rotatable bonds is 5. The summed E-state index contributed by atoms with van der Waals surface area (Å²) in [5.74, 6) is -0.901. The van der Waals surface area contributed by atoms with Gasteiger partial charge in [0.2, 0.25) is 0 Å². The standard InChI is InChI=1S/C10H10F2N4O2S/c1-2-18-10(17)7-8(9(11)12)16(15-14-7)3-6-4-19-5-13-6/h4-5,9H,2-3H2,1H3. The first kappa shape index (κ1) is 13.5. The molecule has 0 saturated heterocycles.